The van der Waals surface area contributed by atoms with Gasteiger partial charge in [0.2, 0.25) is 0 Å². The lowest BCUT2D eigenvalue weighted by atomic mass is 9.89. The normalized spacial score (nSPS) is 22.9. The lowest BCUT2D eigenvalue weighted by Gasteiger charge is -2.28. The minimum atomic E-state index is 0.157. The summed E-state index contributed by atoms with van der Waals surface area (Å²) in [7, 11) is 1.55. The van der Waals surface area contributed by atoms with E-state index in [9.17, 15) is 4.79 Å². The number of rotatable bonds is 4. The average molecular weight is 283 g/mol. The molecular formula is C15H19ClO3. The summed E-state index contributed by atoms with van der Waals surface area (Å²) in [6, 6.07) is 3.28. The number of halogens is 1. The molecule has 4 heteroatoms. The van der Waals surface area contributed by atoms with Gasteiger partial charge in [0.15, 0.2) is 17.8 Å². The van der Waals surface area contributed by atoms with Crippen LogP contribution in [0.1, 0.15) is 43.0 Å². The molecule has 0 bridgehead atoms. The van der Waals surface area contributed by atoms with Gasteiger partial charge in [-0.3, -0.25) is 4.79 Å². The molecule has 1 aromatic rings. The molecule has 1 aliphatic rings. The van der Waals surface area contributed by atoms with E-state index in [2.05, 4.69) is 6.92 Å². The minimum absolute atomic E-state index is 0.157. The van der Waals surface area contributed by atoms with Crippen molar-refractivity contribution < 1.29 is 14.3 Å². The molecule has 1 aromatic carbocycles. The van der Waals surface area contributed by atoms with Crippen LogP contribution in [0.25, 0.3) is 0 Å². The predicted octanol–water partition coefficient (Wildman–Crippen LogP) is 4.12. The van der Waals surface area contributed by atoms with Crippen molar-refractivity contribution in [2.24, 2.45) is 5.92 Å². The molecular weight excluding hydrogens is 264 g/mol. The molecule has 0 amide bonds. The van der Waals surface area contributed by atoms with Gasteiger partial charge < -0.3 is 9.47 Å². The number of ether oxygens (including phenoxy) is 2. The summed E-state index contributed by atoms with van der Waals surface area (Å²) < 4.78 is 11.3. The van der Waals surface area contributed by atoms with E-state index >= 15 is 0 Å². The molecule has 0 atom stereocenters. The molecule has 0 N–H and O–H groups in total. The molecule has 104 valence electrons. The molecule has 19 heavy (non-hydrogen) atoms. The van der Waals surface area contributed by atoms with E-state index in [4.69, 9.17) is 21.1 Å². The van der Waals surface area contributed by atoms with Gasteiger partial charge in [0.05, 0.1) is 18.8 Å². The highest BCUT2D eigenvalue weighted by molar-refractivity contribution is 6.31. The quantitative estimate of drug-likeness (QED) is 0.779. The van der Waals surface area contributed by atoms with Crippen molar-refractivity contribution in [1.82, 2.24) is 0 Å². The average Bonchev–Trinajstić information content (AvgIpc) is 2.42. The monoisotopic (exact) mass is 282 g/mol. The van der Waals surface area contributed by atoms with Gasteiger partial charge in [-0.2, -0.15) is 0 Å². The van der Waals surface area contributed by atoms with Crippen LogP contribution in [-0.4, -0.2) is 19.5 Å². The van der Waals surface area contributed by atoms with E-state index in [1.165, 1.54) is 0 Å². The van der Waals surface area contributed by atoms with Crippen LogP contribution in [0.2, 0.25) is 5.02 Å². The standard InChI is InChI=1S/C15H19ClO3/c1-10-3-5-13(6-4-10)19-15-11(9-17)7-12(16)8-14(15)18-2/h7-10,13H,3-6H2,1-2H3. The number of methoxy groups -OCH3 is 1. The van der Waals surface area contributed by atoms with Crippen LogP contribution in [-0.2, 0) is 0 Å². The van der Waals surface area contributed by atoms with Gasteiger partial charge in [-0.15, -0.1) is 0 Å². The third kappa shape index (κ3) is 3.41. The van der Waals surface area contributed by atoms with Crippen LogP contribution in [0.3, 0.4) is 0 Å². The zero-order valence-corrected chi connectivity index (χ0v) is 12.1. The van der Waals surface area contributed by atoms with Gasteiger partial charge in [0.1, 0.15) is 0 Å². The fourth-order valence-corrected chi connectivity index (χ4v) is 2.68. The molecule has 0 saturated heterocycles. The largest absolute Gasteiger partial charge is 0.493 e. The molecule has 0 heterocycles. The van der Waals surface area contributed by atoms with E-state index in [1.807, 2.05) is 0 Å². The first kappa shape index (κ1) is 14.2. The van der Waals surface area contributed by atoms with Crippen molar-refractivity contribution in [3.63, 3.8) is 0 Å². The highest BCUT2D eigenvalue weighted by atomic mass is 35.5. The summed E-state index contributed by atoms with van der Waals surface area (Å²) in [5, 5.41) is 0.476. The molecule has 1 fully saturated rings. The fraction of sp³-hybridized carbons (Fsp3) is 0.533. The van der Waals surface area contributed by atoms with Crippen molar-refractivity contribution in [1.29, 1.82) is 0 Å². The zero-order chi connectivity index (χ0) is 13.8. The van der Waals surface area contributed by atoms with Crippen molar-refractivity contribution in [2.45, 2.75) is 38.7 Å². The third-order valence-corrected chi connectivity index (χ3v) is 3.86. The topological polar surface area (TPSA) is 35.5 Å². The van der Waals surface area contributed by atoms with Crippen LogP contribution >= 0.6 is 11.6 Å². The first-order chi connectivity index (χ1) is 9.13. The van der Waals surface area contributed by atoms with Crippen molar-refractivity contribution in [3.05, 3.63) is 22.7 Å². The second-order valence-corrected chi connectivity index (χ2v) is 5.58. The van der Waals surface area contributed by atoms with Crippen molar-refractivity contribution in [2.75, 3.05) is 7.11 Å². The van der Waals surface area contributed by atoms with E-state index in [-0.39, 0.29) is 6.10 Å². The van der Waals surface area contributed by atoms with Gasteiger partial charge in [0, 0.05) is 11.1 Å². The van der Waals surface area contributed by atoms with Crippen LogP contribution in [0.5, 0.6) is 11.5 Å². The molecule has 0 radical (unpaired) electrons. The maximum absolute atomic E-state index is 11.1. The summed E-state index contributed by atoms with van der Waals surface area (Å²) in [6.45, 7) is 2.26. The second-order valence-electron chi connectivity index (χ2n) is 5.14. The summed E-state index contributed by atoms with van der Waals surface area (Å²) in [6.07, 6.45) is 5.28. The molecule has 1 saturated carbocycles. The van der Waals surface area contributed by atoms with Gasteiger partial charge in [0.25, 0.3) is 0 Å². The Bertz CT molecular complexity index is 451. The number of hydrogen-bond donors (Lipinski definition) is 0. The van der Waals surface area contributed by atoms with Crippen molar-refractivity contribution >= 4 is 17.9 Å². The Kier molecular flexibility index (Phi) is 4.70. The first-order valence-electron chi connectivity index (χ1n) is 6.63. The van der Waals surface area contributed by atoms with E-state index in [1.54, 1.807) is 19.2 Å². The molecule has 1 aliphatic carbocycles. The predicted molar refractivity (Wildman–Crippen MR) is 75.4 cm³/mol. The maximum Gasteiger partial charge on any atom is 0.172 e. The van der Waals surface area contributed by atoms with Crippen LogP contribution in [0, 0.1) is 5.92 Å². The summed E-state index contributed by atoms with van der Waals surface area (Å²) in [4.78, 5) is 11.1. The summed E-state index contributed by atoms with van der Waals surface area (Å²) in [5.41, 5.74) is 0.447. The number of hydrogen-bond acceptors (Lipinski definition) is 3. The van der Waals surface area contributed by atoms with Gasteiger partial charge in [-0.25, -0.2) is 0 Å². The van der Waals surface area contributed by atoms with Crippen LogP contribution in [0.15, 0.2) is 12.1 Å². The Morgan fingerprint density at radius 1 is 1.26 bits per heavy atom. The molecule has 0 unspecified atom stereocenters. The first-order valence-corrected chi connectivity index (χ1v) is 7.01. The lowest BCUT2D eigenvalue weighted by Crippen LogP contribution is -2.23. The number of carbonyl (C=O) groups excluding carboxylic acids is 1. The van der Waals surface area contributed by atoms with Gasteiger partial charge >= 0.3 is 0 Å². The molecule has 0 spiro atoms. The van der Waals surface area contributed by atoms with Crippen LogP contribution < -0.4 is 9.47 Å². The van der Waals surface area contributed by atoms with Gasteiger partial charge in [-0.05, 0) is 37.7 Å². The Morgan fingerprint density at radius 3 is 2.53 bits per heavy atom. The lowest BCUT2D eigenvalue weighted by molar-refractivity contribution is 0.109. The Hall–Kier alpha value is -1.22. The zero-order valence-electron chi connectivity index (χ0n) is 11.3. The maximum atomic E-state index is 11.1. The summed E-state index contributed by atoms with van der Waals surface area (Å²) >= 11 is 5.95. The second kappa shape index (κ2) is 6.29. The van der Waals surface area contributed by atoms with E-state index < -0.39 is 0 Å². The number of aldehydes is 1. The van der Waals surface area contributed by atoms with E-state index in [0.717, 1.165) is 37.9 Å². The summed E-state index contributed by atoms with van der Waals surface area (Å²) in [5.74, 6) is 1.80. The van der Waals surface area contributed by atoms with Crippen LogP contribution in [0.4, 0.5) is 0 Å². The SMILES string of the molecule is COc1cc(Cl)cc(C=O)c1OC1CCC(C)CC1. The molecule has 0 aliphatic heterocycles. The smallest absolute Gasteiger partial charge is 0.172 e. The molecule has 2 rings (SSSR count). The number of carbonyl (C=O) groups is 1. The van der Waals surface area contributed by atoms with Crippen molar-refractivity contribution in [3.8, 4) is 11.5 Å². The third-order valence-electron chi connectivity index (χ3n) is 3.64. The highest BCUT2D eigenvalue weighted by Gasteiger charge is 2.22. The fourth-order valence-electron chi connectivity index (χ4n) is 2.47. The Labute approximate surface area is 118 Å². The molecule has 0 aromatic heterocycles. The van der Waals surface area contributed by atoms with E-state index in [0.29, 0.717) is 22.1 Å². The van der Waals surface area contributed by atoms with Gasteiger partial charge in [-0.1, -0.05) is 18.5 Å². The highest BCUT2D eigenvalue weighted by Crippen LogP contribution is 2.36. The Balaban J connectivity index is 2.20. The minimum Gasteiger partial charge on any atom is -0.493 e. The number of benzene rings is 1. The molecule has 3 nitrogen and oxygen atoms in total. The Morgan fingerprint density at radius 2 is 1.95 bits per heavy atom.